The van der Waals surface area contributed by atoms with Crippen LogP contribution in [0, 0.1) is 6.92 Å². The van der Waals surface area contributed by atoms with Crippen molar-refractivity contribution >= 4 is 21.4 Å². The van der Waals surface area contributed by atoms with Crippen LogP contribution in [0.25, 0.3) is 0 Å². The standard InChI is InChI=1S/C18H19NO3S/c1-13-6-3-4-8-16(13)18(20)19-11-5-7-14-12-15(23(2,21)22)9-10-17(14)19/h3-4,6,8-10,12H,5,7,11H2,1-2H3. The van der Waals surface area contributed by atoms with Crippen molar-refractivity contribution in [3.05, 3.63) is 59.2 Å². The molecule has 1 amide bonds. The van der Waals surface area contributed by atoms with Crippen LogP contribution in [0.2, 0.25) is 0 Å². The summed E-state index contributed by atoms with van der Waals surface area (Å²) in [6.45, 7) is 2.57. The summed E-state index contributed by atoms with van der Waals surface area (Å²) in [4.78, 5) is 14.9. The monoisotopic (exact) mass is 329 g/mol. The van der Waals surface area contributed by atoms with Crippen molar-refractivity contribution in [3.8, 4) is 0 Å². The maximum absolute atomic E-state index is 12.9. The van der Waals surface area contributed by atoms with Gasteiger partial charge < -0.3 is 4.90 Å². The van der Waals surface area contributed by atoms with Gasteiger partial charge in [-0.1, -0.05) is 18.2 Å². The lowest BCUT2D eigenvalue weighted by atomic mass is 10.00. The number of sulfone groups is 1. The Balaban J connectivity index is 2.02. The topological polar surface area (TPSA) is 54.5 Å². The fourth-order valence-electron chi connectivity index (χ4n) is 2.97. The smallest absolute Gasteiger partial charge is 0.258 e. The molecular formula is C18H19NO3S. The number of hydrogen-bond acceptors (Lipinski definition) is 3. The second kappa shape index (κ2) is 5.81. The van der Waals surface area contributed by atoms with E-state index in [4.69, 9.17) is 0 Å². The summed E-state index contributed by atoms with van der Waals surface area (Å²) in [7, 11) is -3.24. The van der Waals surface area contributed by atoms with Gasteiger partial charge in [-0.3, -0.25) is 4.79 Å². The molecule has 23 heavy (non-hydrogen) atoms. The zero-order chi connectivity index (χ0) is 16.6. The Labute approximate surface area is 136 Å². The number of carbonyl (C=O) groups excluding carboxylic acids is 1. The molecule has 1 heterocycles. The molecule has 0 aromatic heterocycles. The first-order valence-corrected chi connectivity index (χ1v) is 9.47. The summed E-state index contributed by atoms with van der Waals surface area (Å²) in [5.41, 5.74) is 3.36. The zero-order valence-corrected chi connectivity index (χ0v) is 14.1. The van der Waals surface area contributed by atoms with Crippen LogP contribution in [-0.2, 0) is 16.3 Å². The fraction of sp³-hybridized carbons (Fsp3) is 0.278. The minimum atomic E-state index is -3.24. The molecular weight excluding hydrogens is 310 g/mol. The Bertz CT molecular complexity index is 872. The van der Waals surface area contributed by atoms with Gasteiger partial charge in [0, 0.05) is 24.1 Å². The van der Waals surface area contributed by atoms with E-state index in [0.29, 0.717) is 17.0 Å². The van der Waals surface area contributed by atoms with E-state index in [0.717, 1.165) is 29.7 Å². The summed E-state index contributed by atoms with van der Waals surface area (Å²) < 4.78 is 23.4. The number of benzene rings is 2. The summed E-state index contributed by atoms with van der Waals surface area (Å²) in [6, 6.07) is 12.6. The predicted molar refractivity (Wildman–Crippen MR) is 90.7 cm³/mol. The number of anilines is 1. The average Bonchev–Trinajstić information content (AvgIpc) is 2.53. The number of amides is 1. The van der Waals surface area contributed by atoms with Gasteiger partial charge >= 0.3 is 0 Å². The summed E-state index contributed by atoms with van der Waals surface area (Å²) in [5.74, 6) is -0.0313. The third kappa shape index (κ3) is 3.01. The molecule has 5 heteroatoms. The van der Waals surface area contributed by atoms with Crippen LogP contribution >= 0.6 is 0 Å². The van der Waals surface area contributed by atoms with Crippen LogP contribution in [-0.4, -0.2) is 27.1 Å². The van der Waals surface area contributed by atoms with Crippen LogP contribution in [0.3, 0.4) is 0 Å². The average molecular weight is 329 g/mol. The van der Waals surface area contributed by atoms with Crippen molar-refractivity contribution < 1.29 is 13.2 Å². The molecule has 0 fully saturated rings. The Morgan fingerprint density at radius 3 is 2.57 bits per heavy atom. The number of carbonyl (C=O) groups is 1. The summed E-state index contributed by atoms with van der Waals surface area (Å²) in [5, 5.41) is 0. The van der Waals surface area contributed by atoms with E-state index in [-0.39, 0.29) is 5.91 Å². The summed E-state index contributed by atoms with van der Waals surface area (Å²) in [6.07, 6.45) is 2.82. The molecule has 0 bridgehead atoms. The third-order valence-corrected chi connectivity index (χ3v) is 5.33. The quantitative estimate of drug-likeness (QED) is 0.851. The highest BCUT2D eigenvalue weighted by Crippen LogP contribution is 2.31. The Kier molecular flexibility index (Phi) is 3.98. The highest BCUT2D eigenvalue weighted by Gasteiger charge is 2.25. The molecule has 0 radical (unpaired) electrons. The maximum atomic E-state index is 12.9. The lowest BCUT2D eigenvalue weighted by Gasteiger charge is -2.30. The molecule has 0 spiro atoms. The Morgan fingerprint density at radius 2 is 1.87 bits per heavy atom. The van der Waals surface area contributed by atoms with Crippen LogP contribution in [0.5, 0.6) is 0 Å². The van der Waals surface area contributed by atoms with Gasteiger partial charge in [-0.25, -0.2) is 8.42 Å². The predicted octanol–water partition coefficient (Wildman–Crippen LogP) is 2.99. The van der Waals surface area contributed by atoms with E-state index >= 15 is 0 Å². The van der Waals surface area contributed by atoms with Crippen LogP contribution < -0.4 is 4.90 Å². The molecule has 0 saturated carbocycles. The van der Waals surface area contributed by atoms with Crippen molar-refractivity contribution in [2.24, 2.45) is 0 Å². The van der Waals surface area contributed by atoms with Gasteiger partial charge in [-0.15, -0.1) is 0 Å². The second-order valence-corrected chi connectivity index (χ2v) is 7.95. The number of nitrogens with zero attached hydrogens (tertiary/aromatic N) is 1. The van der Waals surface area contributed by atoms with Gasteiger partial charge in [0.05, 0.1) is 4.90 Å². The number of rotatable bonds is 2. The molecule has 0 aliphatic carbocycles. The van der Waals surface area contributed by atoms with Gasteiger partial charge in [0.1, 0.15) is 0 Å². The molecule has 0 N–H and O–H groups in total. The number of hydrogen-bond donors (Lipinski definition) is 0. The van der Waals surface area contributed by atoms with E-state index in [1.807, 2.05) is 31.2 Å². The lowest BCUT2D eigenvalue weighted by Crippen LogP contribution is -2.35. The fourth-order valence-corrected chi connectivity index (χ4v) is 3.64. The zero-order valence-electron chi connectivity index (χ0n) is 13.2. The van der Waals surface area contributed by atoms with E-state index in [1.165, 1.54) is 6.26 Å². The highest BCUT2D eigenvalue weighted by molar-refractivity contribution is 7.90. The van der Waals surface area contributed by atoms with E-state index < -0.39 is 9.84 Å². The normalized spacial score (nSPS) is 14.4. The molecule has 0 unspecified atom stereocenters. The van der Waals surface area contributed by atoms with E-state index in [2.05, 4.69) is 0 Å². The molecule has 120 valence electrons. The molecule has 3 rings (SSSR count). The van der Waals surface area contributed by atoms with Gasteiger partial charge in [0.25, 0.3) is 5.91 Å². The lowest BCUT2D eigenvalue weighted by molar-refractivity contribution is 0.0984. The van der Waals surface area contributed by atoms with Crippen molar-refractivity contribution in [1.29, 1.82) is 0 Å². The Hall–Kier alpha value is -2.14. The van der Waals surface area contributed by atoms with Gasteiger partial charge in [-0.05, 0) is 55.2 Å². The summed E-state index contributed by atoms with van der Waals surface area (Å²) >= 11 is 0. The van der Waals surface area contributed by atoms with Gasteiger partial charge in [0.15, 0.2) is 9.84 Å². The van der Waals surface area contributed by atoms with E-state index in [1.54, 1.807) is 23.1 Å². The van der Waals surface area contributed by atoms with Crippen molar-refractivity contribution in [3.63, 3.8) is 0 Å². The molecule has 4 nitrogen and oxygen atoms in total. The largest absolute Gasteiger partial charge is 0.308 e. The first-order valence-electron chi connectivity index (χ1n) is 7.58. The highest BCUT2D eigenvalue weighted by atomic mass is 32.2. The first-order chi connectivity index (χ1) is 10.9. The van der Waals surface area contributed by atoms with Crippen molar-refractivity contribution in [2.75, 3.05) is 17.7 Å². The SMILES string of the molecule is Cc1ccccc1C(=O)N1CCCc2cc(S(C)(=O)=O)ccc21. The molecule has 2 aromatic carbocycles. The van der Waals surface area contributed by atoms with Crippen LogP contribution in [0.1, 0.15) is 27.9 Å². The number of aryl methyl sites for hydroxylation is 2. The molecule has 0 saturated heterocycles. The minimum Gasteiger partial charge on any atom is -0.308 e. The second-order valence-electron chi connectivity index (χ2n) is 5.94. The maximum Gasteiger partial charge on any atom is 0.258 e. The van der Waals surface area contributed by atoms with Crippen LogP contribution in [0.15, 0.2) is 47.4 Å². The van der Waals surface area contributed by atoms with Crippen molar-refractivity contribution in [2.45, 2.75) is 24.7 Å². The first kappa shape index (κ1) is 15.7. The van der Waals surface area contributed by atoms with Crippen LogP contribution in [0.4, 0.5) is 5.69 Å². The number of fused-ring (bicyclic) bond motifs is 1. The molecule has 2 aromatic rings. The molecule has 0 atom stereocenters. The minimum absolute atomic E-state index is 0.0313. The van der Waals surface area contributed by atoms with Crippen molar-refractivity contribution in [1.82, 2.24) is 0 Å². The molecule has 1 aliphatic rings. The molecule has 1 aliphatic heterocycles. The van der Waals surface area contributed by atoms with E-state index in [9.17, 15) is 13.2 Å². The van der Waals surface area contributed by atoms with Gasteiger partial charge in [0.2, 0.25) is 0 Å². The third-order valence-electron chi connectivity index (χ3n) is 4.22. The van der Waals surface area contributed by atoms with Gasteiger partial charge in [-0.2, -0.15) is 0 Å². The Morgan fingerprint density at radius 1 is 1.13 bits per heavy atom.